The van der Waals surface area contributed by atoms with Gasteiger partial charge in [0.05, 0.1) is 11.4 Å². The summed E-state index contributed by atoms with van der Waals surface area (Å²) in [6.45, 7) is 5.18. The molecule has 1 heterocycles. The Bertz CT molecular complexity index is 402. The molecule has 102 valence electrons. The first-order chi connectivity index (χ1) is 8.67. The van der Waals surface area contributed by atoms with E-state index >= 15 is 0 Å². The maximum Gasteiger partial charge on any atom is 0.148 e. The molecule has 0 aliphatic heterocycles. The lowest BCUT2D eigenvalue weighted by molar-refractivity contribution is 0.222. The monoisotopic (exact) mass is 252 g/mol. The zero-order chi connectivity index (χ0) is 13.1. The van der Waals surface area contributed by atoms with Gasteiger partial charge in [0.15, 0.2) is 0 Å². The molecule has 0 saturated heterocycles. The maximum atomic E-state index is 9.37. The summed E-state index contributed by atoms with van der Waals surface area (Å²) >= 11 is 0. The Morgan fingerprint density at radius 2 is 2.28 bits per heavy atom. The average molecular weight is 252 g/mol. The molecule has 0 spiro atoms. The summed E-state index contributed by atoms with van der Waals surface area (Å²) in [5.74, 6) is 1.27. The van der Waals surface area contributed by atoms with Gasteiger partial charge in [-0.05, 0) is 26.2 Å². The fraction of sp³-hybridized carbons (Fsp3) is 0.769. The number of nitrogens with two attached hydrogens (primary N) is 1. The van der Waals surface area contributed by atoms with Crippen LogP contribution in [0.5, 0.6) is 0 Å². The van der Waals surface area contributed by atoms with Crippen molar-refractivity contribution in [3.8, 4) is 0 Å². The lowest BCUT2D eigenvalue weighted by atomic mass is 10.1. The van der Waals surface area contributed by atoms with E-state index in [1.165, 1.54) is 6.42 Å². The Kier molecular flexibility index (Phi) is 4.11. The summed E-state index contributed by atoms with van der Waals surface area (Å²) in [5.41, 5.74) is 7.71. The number of nitrogen functional groups attached to an aromatic ring is 1. The molecule has 0 amide bonds. The van der Waals surface area contributed by atoms with E-state index in [2.05, 4.69) is 17.3 Å². The van der Waals surface area contributed by atoms with Gasteiger partial charge in [0, 0.05) is 25.1 Å². The van der Waals surface area contributed by atoms with Crippen molar-refractivity contribution in [3.63, 3.8) is 0 Å². The van der Waals surface area contributed by atoms with Crippen LogP contribution in [0.25, 0.3) is 0 Å². The van der Waals surface area contributed by atoms with E-state index in [-0.39, 0.29) is 6.61 Å². The summed E-state index contributed by atoms with van der Waals surface area (Å²) in [4.78, 5) is 0. The minimum atomic E-state index is 0.248. The van der Waals surface area contributed by atoms with E-state index < -0.39 is 0 Å². The van der Waals surface area contributed by atoms with E-state index in [1.54, 1.807) is 0 Å². The van der Waals surface area contributed by atoms with Crippen LogP contribution < -0.4 is 11.1 Å². The molecular weight excluding hydrogens is 228 g/mol. The van der Waals surface area contributed by atoms with Crippen molar-refractivity contribution in [2.24, 2.45) is 5.92 Å². The van der Waals surface area contributed by atoms with Crippen LogP contribution in [-0.4, -0.2) is 27.5 Å². The molecule has 0 bridgehead atoms. The summed E-state index contributed by atoms with van der Waals surface area (Å²) < 4.78 is 1.96. The lowest BCUT2D eigenvalue weighted by Gasteiger charge is -2.21. The topological polar surface area (TPSA) is 76.1 Å². The van der Waals surface area contributed by atoms with Crippen LogP contribution >= 0.6 is 0 Å². The van der Waals surface area contributed by atoms with E-state index in [9.17, 15) is 5.11 Å². The number of nitrogens with zero attached hydrogens (tertiary/aromatic N) is 2. The quantitative estimate of drug-likeness (QED) is 0.746. The van der Waals surface area contributed by atoms with E-state index in [4.69, 9.17) is 5.73 Å². The summed E-state index contributed by atoms with van der Waals surface area (Å²) in [5, 5.41) is 17.3. The summed E-state index contributed by atoms with van der Waals surface area (Å²) in [6, 6.07) is 0.323. The van der Waals surface area contributed by atoms with Gasteiger partial charge in [-0.1, -0.05) is 13.3 Å². The van der Waals surface area contributed by atoms with Crippen molar-refractivity contribution >= 4 is 11.5 Å². The van der Waals surface area contributed by atoms with Crippen molar-refractivity contribution < 1.29 is 5.11 Å². The number of nitrogens with one attached hydrogen (secondary N) is 1. The third-order valence-electron chi connectivity index (χ3n) is 3.82. The molecular formula is C13H24N4O. The highest BCUT2D eigenvalue weighted by Gasteiger charge is 2.28. The second kappa shape index (κ2) is 5.61. The Morgan fingerprint density at radius 1 is 1.50 bits per heavy atom. The molecule has 1 aliphatic rings. The number of aromatic nitrogens is 2. The SMILES string of the molecule is CCCn1nc(C)c(N)c1NC1CCCC1CO. The van der Waals surface area contributed by atoms with Gasteiger partial charge in [-0.2, -0.15) is 5.10 Å². The fourth-order valence-corrected chi connectivity index (χ4v) is 2.74. The second-order valence-corrected chi connectivity index (χ2v) is 5.20. The van der Waals surface area contributed by atoms with Crippen LogP contribution in [0.4, 0.5) is 11.5 Å². The number of anilines is 2. The molecule has 1 fully saturated rings. The molecule has 1 saturated carbocycles. The van der Waals surface area contributed by atoms with Gasteiger partial charge in [-0.15, -0.1) is 0 Å². The van der Waals surface area contributed by atoms with Crippen molar-refractivity contribution in [3.05, 3.63) is 5.69 Å². The van der Waals surface area contributed by atoms with Crippen LogP contribution in [0.1, 0.15) is 38.3 Å². The van der Waals surface area contributed by atoms with Crippen LogP contribution in [0.15, 0.2) is 0 Å². The highest BCUT2D eigenvalue weighted by atomic mass is 16.3. The Balaban J connectivity index is 2.17. The number of aliphatic hydroxyl groups is 1. The van der Waals surface area contributed by atoms with Gasteiger partial charge in [0.2, 0.25) is 0 Å². The molecule has 5 nitrogen and oxygen atoms in total. The van der Waals surface area contributed by atoms with Gasteiger partial charge < -0.3 is 16.2 Å². The van der Waals surface area contributed by atoms with Gasteiger partial charge >= 0.3 is 0 Å². The smallest absolute Gasteiger partial charge is 0.148 e. The Labute approximate surface area is 108 Å². The maximum absolute atomic E-state index is 9.37. The molecule has 0 radical (unpaired) electrons. The minimum absolute atomic E-state index is 0.248. The van der Waals surface area contributed by atoms with Gasteiger partial charge in [0.1, 0.15) is 5.82 Å². The first kappa shape index (κ1) is 13.2. The molecule has 5 heteroatoms. The largest absolute Gasteiger partial charge is 0.396 e. The van der Waals surface area contributed by atoms with E-state index in [1.807, 2.05) is 11.6 Å². The van der Waals surface area contributed by atoms with Crippen LogP contribution in [0.2, 0.25) is 0 Å². The van der Waals surface area contributed by atoms with Crippen LogP contribution in [-0.2, 0) is 6.54 Å². The number of hydrogen-bond acceptors (Lipinski definition) is 4. The molecule has 2 unspecified atom stereocenters. The highest BCUT2D eigenvalue weighted by Crippen LogP contribution is 2.31. The number of aliphatic hydroxyl groups excluding tert-OH is 1. The Hall–Kier alpha value is -1.23. The molecule has 1 aliphatic carbocycles. The number of aryl methyl sites for hydroxylation is 2. The third-order valence-corrected chi connectivity index (χ3v) is 3.82. The number of rotatable bonds is 5. The second-order valence-electron chi connectivity index (χ2n) is 5.20. The summed E-state index contributed by atoms with van der Waals surface area (Å²) in [7, 11) is 0. The van der Waals surface area contributed by atoms with E-state index in [0.29, 0.717) is 12.0 Å². The van der Waals surface area contributed by atoms with Crippen molar-refractivity contribution in [2.45, 2.75) is 52.1 Å². The highest BCUT2D eigenvalue weighted by molar-refractivity contribution is 5.65. The Morgan fingerprint density at radius 3 is 2.94 bits per heavy atom. The standard InChI is InChI=1S/C13H24N4O/c1-3-7-17-13(12(14)9(2)16-17)15-11-6-4-5-10(11)8-18/h10-11,15,18H,3-8,14H2,1-2H3. The van der Waals surface area contributed by atoms with Gasteiger partial charge in [-0.25, -0.2) is 4.68 Å². The molecule has 1 aromatic heterocycles. The zero-order valence-electron chi connectivity index (χ0n) is 11.3. The molecule has 2 rings (SSSR count). The molecule has 4 N–H and O–H groups in total. The van der Waals surface area contributed by atoms with Gasteiger partial charge in [-0.3, -0.25) is 0 Å². The first-order valence-electron chi connectivity index (χ1n) is 6.87. The molecule has 18 heavy (non-hydrogen) atoms. The normalized spacial score (nSPS) is 23.5. The van der Waals surface area contributed by atoms with Crippen molar-refractivity contribution in [2.75, 3.05) is 17.7 Å². The van der Waals surface area contributed by atoms with Crippen LogP contribution in [0.3, 0.4) is 0 Å². The molecule has 1 aromatic rings. The van der Waals surface area contributed by atoms with Crippen LogP contribution in [0, 0.1) is 12.8 Å². The van der Waals surface area contributed by atoms with Crippen molar-refractivity contribution in [1.82, 2.24) is 9.78 Å². The van der Waals surface area contributed by atoms with Crippen molar-refractivity contribution in [1.29, 1.82) is 0 Å². The predicted octanol–water partition coefficient (Wildman–Crippen LogP) is 1.76. The van der Waals surface area contributed by atoms with E-state index in [0.717, 1.165) is 43.0 Å². The molecule has 0 aromatic carbocycles. The fourth-order valence-electron chi connectivity index (χ4n) is 2.74. The zero-order valence-corrected chi connectivity index (χ0v) is 11.3. The lowest BCUT2D eigenvalue weighted by Crippen LogP contribution is -2.28. The minimum Gasteiger partial charge on any atom is -0.396 e. The third kappa shape index (κ3) is 2.46. The average Bonchev–Trinajstić information content (AvgIpc) is 2.90. The molecule has 2 atom stereocenters. The first-order valence-corrected chi connectivity index (χ1v) is 6.87. The summed E-state index contributed by atoms with van der Waals surface area (Å²) in [6.07, 6.45) is 4.39. The predicted molar refractivity (Wildman–Crippen MR) is 73.5 cm³/mol. The number of hydrogen-bond donors (Lipinski definition) is 3. The van der Waals surface area contributed by atoms with Gasteiger partial charge in [0.25, 0.3) is 0 Å².